The highest BCUT2D eigenvalue weighted by atomic mass is 32.2. The van der Waals surface area contributed by atoms with Gasteiger partial charge in [-0.05, 0) is 19.4 Å². The average molecular weight is 344 g/mol. The van der Waals surface area contributed by atoms with E-state index in [9.17, 15) is 5.11 Å². The van der Waals surface area contributed by atoms with E-state index in [0.29, 0.717) is 28.1 Å². The van der Waals surface area contributed by atoms with Gasteiger partial charge in [-0.2, -0.15) is 4.98 Å². The summed E-state index contributed by atoms with van der Waals surface area (Å²) in [5.74, 6) is 1.65. The summed E-state index contributed by atoms with van der Waals surface area (Å²) in [7, 11) is 0. The summed E-state index contributed by atoms with van der Waals surface area (Å²) >= 11 is 1.54. The van der Waals surface area contributed by atoms with E-state index < -0.39 is 0 Å². The summed E-state index contributed by atoms with van der Waals surface area (Å²) < 4.78 is 0. The summed E-state index contributed by atoms with van der Waals surface area (Å²) in [6.07, 6.45) is 0. The van der Waals surface area contributed by atoms with Crippen molar-refractivity contribution in [2.45, 2.75) is 30.8 Å². The number of imidazole rings is 1. The first-order chi connectivity index (χ1) is 11.5. The highest BCUT2D eigenvalue weighted by molar-refractivity contribution is 7.98. The Morgan fingerprint density at radius 2 is 2.17 bits per heavy atom. The van der Waals surface area contributed by atoms with Crippen molar-refractivity contribution in [1.29, 1.82) is 0 Å². The number of H-pyrrole nitrogens is 1. The molecule has 0 aliphatic heterocycles. The molecule has 1 aromatic carbocycles. The number of anilines is 2. The van der Waals surface area contributed by atoms with Crippen LogP contribution in [0.4, 0.5) is 11.8 Å². The van der Waals surface area contributed by atoms with Gasteiger partial charge >= 0.3 is 0 Å². The predicted molar refractivity (Wildman–Crippen MR) is 97.0 cm³/mol. The lowest BCUT2D eigenvalue weighted by atomic mass is 10.2. The van der Waals surface area contributed by atoms with Crippen LogP contribution in [0.5, 0.6) is 0 Å². The number of thioether (sulfide) groups is 1. The topological polar surface area (TPSA) is 113 Å². The molecule has 0 bridgehead atoms. The standard InChI is InChI=1S/C16H20N6OS/c1-9-4-3-5-11(6-9)8-24-16-21-13(18-10(2)7-23)12-14(22-16)20-15(17)19-12/h3-6,10,23H,7-8H2,1-2H3,(H4,17,18,19,20,21,22)/t10-/m1/s1. The number of aromatic amines is 1. The van der Waals surface area contributed by atoms with Crippen molar-refractivity contribution in [3.05, 3.63) is 35.4 Å². The number of nitrogens with zero attached hydrogens (tertiary/aromatic N) is 3. The molecular formula is C16H20N6OS. The van der Waals surface area contributed by atoms with Crippen LogP contribution >= 0.6 is 11.8 Å². The summed E-state index contributed by atoms with van der Waals surface area (Å²) in [6.45, 7) is 3.94. The Morgan fingerprint density at radius 3 is 2.92 bits per heavy atom. The van der Waals surface area contributed by atoms with E-state index >= 15 is 0 Å². The number of nitrogens with one attached hydrogen (secondary N) is 2. The number of aryl methyl sites for hydroxylation is 1. The molecule has 1 atom stereocenters. The maximum Gasteiger partial charge on any atom is 0.200 e. The highest BCUT2D eigenvalue weighted by Gasteiger charge is 2.14. The Kier molecular flexibility index (Phi) is 4.86. The molecule has 0 fully saturated rings. The monoisotopic (exact) mass is 344 g/mol. The fourth-order valence-electron chi connectivity index (χ4n) is 2.29. The molecule has 8 heteroatoms. The maximum absolute atomic E-state index is 9.26. The van der Waals surface area contributed by atoms with Crippen molar-refractivity contribution in [2.24, 2.45) is 0 Å². The van der Waals surface area contributed by atoms with Gasteiger partial charge in [-0.3, -0.25) is 0 Å². The summed E-state index contributed by atoms with van der Waals surface area (Å²) in [5.41, 5.74) is 9.33. The highest BCUT2D eigenvalue weighted by Crippen LogP contribution is 2.26. The number of aliphatic hydroxyl groups is 1. The van der Waals surface area contributed by atoms with Crippen molar-refractivity contribution in [3.63, 3.8) is 0 Å². The number of fused-ring (bicyclic) bond motifs is 1. The molecule has 0 saturated heterocycles. The molecule has 7 nitrogen and oxygen atoms in total. The Bertz CT molecular complexity index is 850. The molecule has 0 saturated carbocycles. The molecule has 0 aliphatic carbocycles. The molecule has 5 N–H and O–H groups in total. The van der Waals surface area contributed by atoms with E-state index in [2.05, 4.69) is 50.4 Å². The Balaban J connectivity index is 1.87. The second kappa shape index (κ2) is 7.06. The third-order valence-corrected chi connectivity index (χ3v) is 4.37. The lowest BCUT2D eigenvalue weighted by molar-refractivity contribution is 0.281. The average Bonchev–Trinajstić information content (AvgIpc) is 2.93. The van der Waals surface area contributed by atoms with Gasteiger partial charge in [0.05, 0.1) is 6.61 Å². The van der Waals surface area contributed by atoms with Crippen LogP contribution in [-0.2, 0) is 5.75 Å². The second-order valence-corrected chi connectivity index (χ2v) is 6.62. The van der Waals surface area contributed by atoms with Crippen molar-refractivity contribution < 1.29 is 5.11 Å². The smallest absolute Gasteiger partial charge is 0.200 e. The quantitative estimate of drug-likeness (QED) is 0.401. The van der Waals surface area contributed by atoms with Gasteiger partial charge in [0.25, 0.3) is 0 Å². The van der Waals surface area contributed by atoms with Crippen LogP contribution < -0.4 is 11.1 Å². The molecule has 2 heterocycles. The number of aliphatic hydroxyl groups excluding tert-OH is 1. The van der Waals surface area contributed by atoms with E-state index in [-0.39, 0.29) is 12.6 Å². The van der Waals surface area contributed by atoms with Crippen molar-refractivity contribution in [3.8, 4) is 0 Å². The van der Waals surface area contributed by atoms with Crippen LogP contribution in [0.25, 0.3) is 11.2 Å². The molecule has 3 aromatic rings. The van der Waals surface area contributed by atoms with Gasteiger partial charge in [-0.25, -0.2) is 9.97 Å². The molecule has 24 heavy (non-hydrogen) atoms. The van der Waals surface area contributed by atoms with Gasteiger partial charge in [-0.15, -0.1) is 0 Å². The predicted octanol–water partition coefficient (Wildman–Crippen LogP) is 2.33. The number of benzene rings is 1. The first kappa shape index (κ1) is 16.5. The first-order valence-electron chi connectivity index (χ1n) is 7.64. The summed E-state index contributed by atoms with van der Waals surface area (Å²) in [6, 6.07) is 8.20. The lowest BCUT2D eigenvalue weighted by Crippen LogP contribution is -2.20. The van der Waals surface area contributed by atoms with E-state index in [0.717, 1.165) is 5.75 Å². The fourth-order valence-corrected chi connectivity index (χ4v) is 3.08. The maximum atomic E-state index is 9.26. The van der Waals surface area contributed by atoms with E-state index in [1.54, 1.807) is 0 Å². The van der Waals surface area contributed by atoms with Crippen molar-refractivity contribution >= 4 is 34.7 Å². The first-order valence-corrected chi connectivity index (χ1v) is 8.62. The van der Waals surface area contributed by atoms with Crippen LogP contribution in [0.1, 0.15) is 18.1 Å². The molecule has 2 aromatic heterocycles. The SMILES string of the molecule is Cc1cccc(CSc2nc(N[C@H](C)CO)c3[nH]c(N)nc3n2)c1. The Labute approximate surface area is 144 Å². The zero-order valence-corrected chi connectivity index (χ0v) is 14.4. The van der Waals surface area contributed by atoms with Crippen LogP contribution in [0, 0.1) is 6.92 Å². The Morgan fingerprint density at radius 1 is 1.33 bits per heavy atom. The van der Waals surface area contributed by atoms with Gasteiger partial charge in [0.1, 0.15) is 5.52 Å². The number of rotatable bonds is 6. The third kappa shape index (κ3) is 3.77. The molecule has 0 radical (unpaired) electrons. The zero-order valence-electron chi connectivity index (χ0n) is 13.6. The molecular weight excluding hydrogens is 324 g/mol. The fraction of sp³-hybridized carbons (Fsp3) is 0.312. The molecule has 0 unspecified atom stereocenters. The van der Waals surface area contributed by atoms with E-state index in [1.165, 1.54) is 22.9 Å². The van der Waals surface area contributed by atoms with Gasteiger partial charge in [-0.1, -0.05) is 41.6 Å². The minimum absolute atomic E-state index is 0.000877. The number of nitrogens with two attached hydrogens (primary N) is 1. The van der Waals surface area contributed by atoms with Crippen LogP contribution in [-0.4, -0.2) is 37.7 Å². The zero-order chi connectivity index (χ0) is 17.1. The summed E-state index contributed by atoms with van der Waals surface area (Å²) in [4.78, 5) is 16.1. The Hall–Kier alpha value is -2.32. The van der Waals surface area contributed by atoms with E-state index in [4.69, 9.17) is 5.73 Å². The minimum atomic E-state index is -0.137. The summed E-state index contributed by atoms with van der Waals surface area (Å²) in [5, 5.41) is 13.0. The molecule has 0 amide bonds. The lowest BCUT2D eigenvalue weighted by Gasteiger charge is -2.12. The van der Waals surface area contributed by atoms with Gasteiger partial charge < -0.3 is 21.1 Å². The van der Waals surface area contributed by atoms with Crippen LogP contribution in [0.15, 0.2) is 29.4 Å². The largest absolute Gasteiger partial charge is 0.394 e. The van der Waals surface area contributed by atoms with Gasteiger partial charge in [0.15, 0.2) is 22.6 Å². The minimum Gasteiger partial charge on any atom is -0.394 e. The van der Waals surface area contributed by atoms with Crippen molar-refractivity contribution in [2.75, 3.05) is 17.7 Å². The molecule has 3 rings (SSSR count). The molecule has 0 aliphatic rings. The number of aromatic nitrogens is 4. The van der Waals surface area contributed by atoms with Gasteiger partial charge in [0.2, 0.25) is 0 Å². The number of nitrogen functional groups attached to an aromatic ring is 1. The van der Waals surface area contributed by atoms with E-state index in [1.807, 2.05) is 13.0 Å². The molecule has 0 spiro atoms. The molecule has 126 valence electrons. The third-order valence-electron chi connectivity index (χ3n) is 3.46. The normalized spacial score (nSPS) is 12.5. The number of hydrogen-bond acceptors (Lipinski definition) is 7. The number of hydrogen-bond donors (Lipinski definition) is 4. The van der Waals surface area contributed by atoms with Gasteiger partial charge in [0, 0.05) is 11.8 Å². The second-order valence-electron chi connectivity index (χ2n) is 5.68. The van der Waals surface area contributed by atoms with Crippen LogP contribution in [0.2, 0.25) is 0 Å². The van der Waals surface area contributed by atoms with Crippen LogP contribution in [0.3, 0.4) is 0 Å². The van der Waals surface area contributed by atoms with Crippen molar-refractivity contribution in [1.82, 2.24) is 19.9 Å².